The number of nitrogens with one attached hydrogen (secondary N) is 2. The molecule has 0 radical (unpaired) electrons. The molecule has 0 unspecified atom stereocenters. The largest absolute Gasteiger partial charge is 0.431 e. The molecule has 0 fully saturated rings. The number of benzene rings is 1. The number of nitrogens with two attached hydrogens (primary N) is 1. The predicted molar refractivity (Wildman–Crippen MR) is 103 cm³/mol. The monoisotopic (exact) mass is 390 g/mol. The average molecular weight is 390 g/mol. The number of hydrogen-bond acceptors (Lipinski definition) is 3. The molecule has 5 nitrogen and oxygen atoms in total. The molecule has 0 spiro atoms. The summed E-state index contributed by atoms with van der Waals surface area (Å²) in [7, 11) is 0. The standard InChI is InChI=1S/C20H21F3N4O/c1-19(2,3)16(24)18(28)26-12-6-4-11(5-7-12)13-8-9-25-17-14(13)10-15(27-17)20(21,22)23/h4-10,16H,24H2,1-3H3,(H,25,27)(H,26,28)/t16-/m0/s1. The minimum atomic E-state index is -4.47. The summed E-state index contributed by atoms with van der Waals surface area (Å²) in [5.41, 5.74) is 6.77. The van der Waals surface area contributed by atoms with Crippen LogP contribution in [0.2, 0.25) is 0 Å². The summed E-state index contributed by atoms with van der Waals surface area (Å²) in [6, 6.07) is 8.86. The van der Waals surface area contributed by atoms with Gasteiger partial charge in [-0.05, 0) is 40.8 Å². The van der Waals surface area contributed by atoms with Crippen molar-refractivity contribution < 1.29 is 18.0 Å². The van der Waals surface area contributed by atoms with E-state index in [9.17, 15) is 18.0 Å². The zero-order chi connectivity index (χ0) is 20.7. The van der Waals surface area contributed by atoms with Crippen molar-refractivity contribution >= 4 is 22.6 Å². The molecule has 148 valence electrons. The summed E-state index contributed by atoms with van der Waals surface area (Å²) < 4.78 is 38.9. The number of aromatic nitrogens is 2. The van der Waals surface area contributed by atoms with E-state index < -0.39 is 17.9 Å². The highest BCUT2D eigenvalue weighted by atomic mass is 19.4. The number of carbonyl (C=O) groups excluding carboxylic acids is 1. The van der Waals surface area contributed by atoms with Gasteiger partial charge in [-0.3, -0.25) is 4.79 Å². The number of rotatable bonds is 3. The molecular formula is C20H21F3N4O. The fourth-order valence-corrected chi connectivity index (χ4v) is 2.78. The number of aromatic amines is 1. The smallest absolute Gasteiger partial charge is 0.336 e. The van der Waals surface area contributed by atoms with Gasteiger partial charge in [-0.2, -0.15) is 13.2 Å². The molecule has 0 saturated carbocycles. The molecule has 3 aromatic rings. The SMILES string of the molecule is CC(C)(C)[C@@H](N)C(=O)Nc1ccc(-c2ccnc3[nH]c(C(F)(F)F)cc23)cc1. The summed E-state index contributed by atoms with van der Waals surface area (Å²) in [5.74, 6) is -0.299. The summed E-state index contributed by atoms with van der Waals surface area (Å²) in [6.45, 7) is 5.63. The quantitative estimate of drug-likeness (QED) is 0.613. The highest BCUT2D eigenvalue weighted by Gasteiger charge is 2.33. The molecule has 0 aliphatic carbocycles. The van der Waals surface area contributed by atoms with Gasteiger partial charge < -0.3 is 16.0 Å². The molecule has 28 heavy (non-hydrogen) atoms. The number of alkyl halides is 3. The van der Waals surface area contributed by atoms with E-state index in [1.165, 1.54) is 6.20 Å². The van der Waals surface area contributed by atoms with Crippen LogP contribution in [0.3, 0.4) is 0 Å². The number of halogens is 3. The van der Waals surface area contributed by atoms with E-state index in [4.69, 9.17) is 5.73 Å². The fourth-order valence-electron chi connectivity index (χ4n) is 2.78. The van der Waals surface area contributed by atoms with Gasteiger partial charge in [0.1, 0.15) is 11.3 Å². The maximum Gasteiger partial charge on any atom is 0.431 e. The van der Waals surface area contributed by atoms with Crippen molar-refractivity contribution in [1.29, 1.82) is 0 Å². The molecule has 0 aliphatic rings. The van der Waals surface area contributed by atoms with Gasteiger partial charge in [0.05, 0.1) is 6.04 Å². The molecule has 1 aromatic carbocycles. The summed E-state index contributed by atoms with van der Waals surface area (Å²) in [6.07, 6.45) is -3.02. The van der Waals surface area contributed by atoms with Crippen molar-refractivity contribution in [3.05, 3.63) is 48.3 Å². The van der Waals surface area contributed by atoms with Crippen LogP contribution in [0.5, 0.6) is 0 Å². The van der Waals surface area contributed by atoms with E-state index in [1.807, 2.05) is 20.8 Å². The van der Waals surface area contributed by atoms with Gasteiger partial charge in [0.25, 0.3) is 0 Å². The Morgan fingerprint density at radius 3 is 2.36 bits per heavy atom. The maximum atomic E-state index is 13.0. The van der Waals surface area contributed by atoms with Crippen LogP contribution in [0.15, 0.2) is 42.6 Å². The first kappa shape index (κ1) is 19.9. The van der Waals surface area contributed by atoms with Gasteiger partial charge in [0.2, 0.25) is 5.91 Å². The Morgan fingerprint density at radius 1 is 1.14 bits per heavy atom. The second-order valence-corrected chi connectivity index (χ2v) is 7.71. The molecule has 2 aromatic heterocycles. The third kappa shape index (κ3) is 4.01. The maximum absolute atomic E-state index is 13.0. The summed E-state index contributed by atoms with van der Waals surface area (Å²) in [4.78, 5) is 18.5. The molecule has 0 bridgehead atoms. The first-order valence-electron chi connectivity index (χ1n) is 8.68. The average Bonchev–Trinajstić information content (AvgIpc) is 3.05. The van der Waals surface area contributed by atoms with E-state index in [0.717, 1.165) is 6.07 Å². The highest BCUT2D eigenvalue weighted by molar-refractivity contribution is 5.96. The lowest BCUT2D eigenvalue weighted by molar-refractivity contribution is -0.140. The van der Waals surface area contributed by atoms with Crippen LogP contribution in [0.25, 0.3) is 22.2 Å². The normalized spacial score (nSPS) is 13.5. The van der Waals surface area contributed by atoms with Crippen LogP contribution < -0.4 is 11.1 Å². The van der Waals surface area contributed by atoms with Crippen molar-refractivity contribution in [1.82, 2.24) is 9.97 Å². The van der Waals surface area contributed by atoms with E-state index >= 15 is 0 Å². The number of anilines is 1. The van der Waals surface area contributed by atoms with Crippen LogP contribution in [0, 0.1) is 5.41 Å². The third-order valence-electron chi connectivity index (χ3n) is 4.52. The highest BCUT2D eigenvalue weighted by Crippen LogP contribution is 2.34. The van der Waals surface area contributed by atoms with Crippen LogP contribution in [0.1, 0.15) is 26.5 Å². The van der Waals surface area contributed by atoms with E-state index in [-0.39, 0.29) is 17.0 Å². The summed E-state index contributed by atoms with van der Waals surface area (Å²) >= 11 is 0. The molecule has 2 heterocycles. The van der Waals surface area contributed by atoms with E-state index in [2.05, 4.69) is 15.3 Å². The molecular weight excluding hydrogens is 369 g/mol. The Hall–Kier alpha value is -2.87. The molecule has 0 aliphatic heterocycles. The zero-order valence-electron chi connectivity index (χ0n) is 15.7. The van der Waals surface area contributed by atoms with Gasteiger partial charge >= 0.3 is 6.18 Å². The lowest BCUT2D eigenvalue weighted by atomic mass is 9.87. The molecule has 3 rings (SSSR count). The predicted octanol–water partition coefficient (Wildman–Crippen LogP) is 4.56. The van der Waals surface area contributed by atoms with Crippen LogP contribution >= 0.6 is 0 Å². The lowest BCUT2D eigenvalue weighted by Gasteiger charge is -2.25. The number of hydrogen-bond donors (Lipinski definition) is 3. The van der Waals surface area contributed by atoms with Crippen LogP contribution in [0.4, 0.5) is 18.9 Å². The van der Waals surface area contributed by atoms with Crippen LogP contribution in [-0.2, 0) is 11.0 Å². The third-order valence-corrected chi connectivity index (χ3v) is 4.52. The topological polar surface area (TPSA) is 83.8 Å². The second-order valence-electron chi connectivity index (χ2n) is 7.71. The number of carbonyl (C=O) groups is 1. The Labute approximate surface area is 160 Å². The fraction of sp³-hybridized carbons (Fsp3) is 0.300. The molecule has 4 N–H and O–H groups in total. The van der Waals surface area contributed by atoms with E-state index in [0.29, 0.717) is 22.2 Å². The van der Waals surface area contributed by atoms with Crippen molar-refractivity contribution in [2.45, 2.75) is 33.0 Å². The number of nitrogens with zero attached hydrogens (tertiary/aromatic N) is 1. The number of fused-ring (bicyclic) bond motifs is 1. The first-order chi connectivity index (χ1) is 13.0. The minimum Gasteiger partial charge on any atom is -0.336 e. The van der Waals surface area contributed by atoms with Crippen molar-refractivity contribution in [3.63, 3.8) is 0 Å². The molecule has 8 heteroatoms. The van der Waals surface area contributed by atoms with Gasteiger partial charge in [0, 0.05) is 17.3 Å². The Morgan fingerprint density at radius 2 is 1.79 bits per heavy atom. The van der Waals surface area contributed by atoms with E-state index in [1.54, 1.807) is 30.3 Å². The minimum absolute atomic E-state index is 0.165. The summed E-state index contributed by atoms with van der Waals surface area (Å²) in [5, 5.41) is 3.13. The molecule has 1 atom stereocenters. The molecule has 0 saturated heterocycles. The zero-order valence-corrected chi connectivity index (χ0v) is 15.7. The van der Waals surface area contributed by atoms with Gasteiger partial charge in [-0.15, -0.1) is 0 Å². The number of pyridine rings is 1. The Kier molecular flexibility index (Phi) is 4.93. The van der Waals surface area contributed by atoms with Crippen molar-refractivity contribution in [2.24, 2.45) is 11.1 Å². The Balaban J connectivity index is 1.88. The number of amides is 1. The van der Waals surface area contributed by atoms with Crippen LogP contribution in [-0.4, -0.2) is 21.9 Å². The van der Waals surface area contributed by atoms with Crippen molar-refractivity contribution in [3.8, 4) is 11.1 Å². The van der Waals surface area contributed by atoms with Gasteiger partial charge in [0.15, 0.2) is 0 Å². The first-order valence-corrected chi connectivity index (χ1v) is 8.68. The number of H-pyrrole nitrogens is 1. The van der Waals surface area contributed by atoms with Gasteiger partial charge in [-0.1, -0.05) is 32.9 Å². The second kappa shape index (κ2) is 6.94. The van der Waals surface area contributed by atoms with Gasteiger partial charge in [-0.25, -0.2) is 4.98 Å². The molecule has 1 amide bonds. The van der Waals surface area contributed by atoms with Crippen molar-refractivity contribution in [2.75, 3.05) is 5.32 Å². The lowest BCUT2D eigenvalue weighted by Crippen LogP contribution is -2.45. The Bertz CT molecular complexity index is 1000.